The Balaban J connectivity index is 1.60. The zero-order valence-electron chi connectivity index (χ0n) is 16.2. The number of para-hydroxylation sites is 1. The molecule has 3 nitrogen and oxygen atoms in total. The second kappa shape index (κ2) is 7.56. The normalized spacial score (nSPS) is 15.9. The Bertz CT molecular complexity index is 1240. The Morgan fingerprint density at radius 1 is 1.17 bits per heavy atom. The molecule has 5 rings (SSSR count). The molecule has 1 unspecified atom stereocenters. The molecule has 0 aliphatic heterocycles. The Morgan fingerprint density at radius 3 is 2.80 bits per heavy atom. The molecule has 0 spiro atoms. The standard InChI is InChI=1S/C23H18F2N2OS2/c1-12-6-8-15-19(10-12)30-23(27-21(28)14-9-7-13(24)11-16(14)25)20(15)22-26-17-4-2-3-5-18(17)29-22/h2-5,7,9,11-12H,6,8,10H2,1H3,(H,27,28). The van der Waals surface area contributed by atoms with Crippen molar-refractivity contribution in [1.82, 2.24) is 4.98 Å². The second-order valence-corrected chi connectivity index (χ2v) is 9.76. The first kappa shape index (κ1) is 19.3. The number of nitrogens with one attached hydrogen (secondary N) is 1. The van der Waals surface area contributed by atoms with Gasteiger partial charge in [-0.2, -0.15) is 0 Å². The zero-order chi connectivity index (χ0) is 20.8. The number of nitrogens with zero attached hydrogens (tertiary/aromatic N) is 1. The molecule has 1 amide bonds. The molecule has 1 aliphatic carbocycles. The monoisotopic (exact) mass is 440 g/mol. The predicted octanol–water partition coefficient (Wildman–Crippen LogP) is 6.68. The van der Waals surface area contributed by atoms with Gasteiger partial charge in [0.15, 0.2) is 0 Å². The van der Waals surface area contributed by atoms with E-state index in [-0.39, 0.29) is 5.56 Å². The molecule has 1 aliphatic rings. The molecule has 0 saturated carbocycles. The molecule has 4 aromatic rings. The van der Waals surface area contributed by atoms with Gasteiger partial charge in [0.1, 0.15) is 21.6 Å². The highest BCUT2D eigenvalue weighted by Crippen LogP contribution is 2.47. The first-order valence-corrected chi connectivity index (χ1v) is 11.4. The predicted molar refractivity (Wildman–Crippen MR) is 118 cm³/mol. The molecule has 2 aromatic heterocycles. The Labute approximate surface area is 180 Å². The average Bonchev–Trinajstić information content (AvgIpc) is 3.27. The number of hydrogen-bond donors (Lipinski definition) is 1. The number of thiazole rings is 1. The van der Waals surface area contributed by atoms with E-state index in [1.165, 1.54) is 16.5 Å². The summed E-state index contributed by atoms with van der Waals surface area (Å²) >= 11 is 3.13. The van der Waals surface area contributed by atoms with Crippen LogP contribution in [0, 0.1) is 17.6 Å². The van der Waals surface area contributed by atoms with E-state index in [1.807, 2.05) is 24.3 Å². The van der Waals surface area contributed by atoms with Crippen molar-refractivity contribution in [3.05, 3.63) is 70.1 Å². The molecular weight excluding hydrogens is 422 g/mol. The minimum absolute atomic E-state index is 0.175. The van der Waals surface area contributed by atoms with Crippen LogP contribution in [0.4, 0.5) is 13.8 Å². The summed E-state index contributed by atoms with van der Waals surface area (Å²) in [4.78, 5) is 18.8. The largest absolute Gasteiger partial charge is 0.313 e. The van der Waals surface area contributed by atoms with E-state index in [0.717, 1.165) is 52.2 Å². The van der Waals surface area contributed by atoms with Crippen LogP contribution in [-0.4, -0.2) is 10.9 Å². The maximum absolute atomic E-state index is 14.1. The molecule has 152 valence electrons. The smallest absolute Gasteiger partial charge is 0.259 e. The van der Waals surface area contributed by atoms with Crippen LogP contribution in [0.3, 0.4) is 0 Å². The van der Waals surface area contributed by atoms with Crippen molar-refractivity contribution in [2.45, 2.75) is 26.2 Å². The van der Waals surface area contributed by atoms with Gasteiger partial charge in [-0.15, -0.1) is 22.7 Å². The molecule has 0 radical (unpaired) electrons. The van der Waals surface area contributed by atoms with E-state index in [9.17, 15) is 13.6 Å². The van der Waals surface area contributed by atoms with E-state index >= 15 is 0 Å². The SMILES string of the molecule is CC1CCc2c(sc(NC(=O)c3ccc(F)cc3F)c2-c2nc3ccccc3s2)C1. The van der Waals surface area contributed by atoms with Gasteiger partial charge in [-0.3, -0.25) is 4.79 Å². The van der Waals surface area contributed by atoms with Gasteiger partial charge in [0.25, 0.3) is 5.91 Å². The van der Waals surface area contributed by atoms with E-state index < -0.39 is 17.5 Å². The molecule has 7 heteroatoms. The van der Waals surface area contributed by atoms with E-state index in [1.54, 1.807) is 22.7 Å². The molecule has 2 heterocycles. The van der Waals surface area contributed by atoms with Gasteiger partial charge in [0, 0.05) is 16.5 Å². The van der Waals surface area contributed by atoms with Gasteiger partial charge in [-0.05, 0) is 55.0 Å². The topological polar surface area (TPSA) is 42.0 Å². The van der Waals surface area contributed by atoms with E-state index in [0.29, 0.717) is 10.9 Å². The lowest BCUT2D eigenvalue weighted by atomic mass is 9.88. The van der Waals surface area contributed by atoms with Crippen molar-refractivity contribution in [2.24, 2.45) is 5.92 Å². The van der Waals surface area contributed by atoms with Gasteiger partial charge in [-0.25, -0.2) is 13.8 Å². The lowest BCUT2D eigenvalue weighted by Crippen LogP contribution is -2.13. The van der Waals surface area contributed by atoms with Crippen LogP contribution in [0.5, 0.6) is 0 Å². The van der Waals surface area contributed by atoms with Crippen LogP contribution >= 0.6 is 22.7 Å². The highest BCUT2D eigenvalue weighted by molar-refractivity contribution is 7.23. The van der Waals surface area contributed by atoms with Crippen LogP contribution < -0.4 is 5.32 Å². The second-order valence-electron chi connectivity index (χ2n) is 7.62. The van der Waals surface area contributed by atoms with Gasteiger partial charge in [0.05, 0.1) is 15.8 Å². The van der Waals surface area contributed by atoms with Crippen LogP contribution in [0.2, 0.25) is 0 Å². The van der Waals surface area contributed by atoms with Gasteiger partial charge < -0.3 is 5.32 Å². The quantitative estimate of drug-likeness (QED) is 0.386. The highest BCUT2D eigenvalue weighted by atomic mass is 32.1. The van der Waals surface area contributed by atoms with Crippen LogP contribution in [0.15, 0.2) is 42.5 Å². The number of halogens is 2. The summed E-state index contributed by atoms with van der Waals surface area (Å²) in [6.07, 6.45) is 2.97. The minimum atomic E-state index is -0.871. The van der Waals surface area contributed by atoms with Crippen LogP contribution in [0.1, 0.15) is 34.1 Å². The lowest BCUT2D eigenvalue weighted by Gasteiger charge is -2.18. The van der Waals surface area contributed by atoms with Crippen molar-refractivity contribution >= 4 is 43.8 Å². The maximum Gasteiger partial charge on any atom is 0.259 e. The first-order valence-electron chi connectivity index (χ1n) is 9.76. The van der Waals surface area contributed by atoms with Crippen molar-refractivity contribution < 1.29 is 13.6 Å². The number of fused-ring (bicyclic) bond motifs is 2. The van der Waals surface area contributed by atoms with E-state index in [4.69, 9.17) is 4.98 Å². The number of benzene rings is 2. The van der Waals surface area contributed by atoms with Gasteiger partial charge in [0.2, 0.25) is 0 Å². The first-order chi connectivity index (χ1) is 14.5. The molecule has 1 atom stereocenters. The molecular formula is C23H18F2N2OS2. The number of hydrogen-bond acceptors (Lipinski definition) is 4. The number of amides is 1. The third-order valence-corrected chi connectivity index (χ3v) is 7.65. The molecule has 2 aromatic carbocycles. The summed E-state index contributed by atoms with van der Waals surface area (Å²) in [5.41, 5.74) is 2.92. The number of rotatable bonds is 3. The fourth-order valence-electron chi connectivity index (χ4n) is 3.89. The summed E-state index contributed by atoms with van der Waals surface area (Å²) in [7, 11) is 0. The average molecular weight is 441 g/mol. The fraction of sp³-hybridized carbons (Fsp3) is 0.217. The molecule has 0 saturated heterocycles. The molecule has 0 fully saturated rings. The minimum Gasteiger partial charge on any atom is -0.313 e. The van der Waals surface area contributed by atoms with Gasteiger partial charge >= 0.3 is 0 Å². The number of carbonyl (C=O) groups is 1. The Morgan fingerprint density at radius 2 is 2.00 bits per heavy atom. The summed E-state index contributed by atoms with van der Waals surface area (Å²) in [5.74, 6) is -1.58. The highest BCUT2D eigenvalue weighted by Gasteiger charge is 2.28. The Kier molecular flexibility index (Phi) is 4.87. The lowest BCUT2D eigenvalue weighted by molar-refractivity contribution is 0.102. The zero-order valence-corrected chi connectivity index (χ0v) is 17.8. The number of aromatic nitrogens is 1. The summed E-state index contributed by atoms with van der Waals surface area (Å²) in [6, 6.07) is 10.9. The number of carbonyl (C=O) groups excluding carboxylic acids is 1. The number of anilines is 1. The van der Waals surface area contributed by atoms with E-state index in [2.05, 4.69) is 12.2 Å². The summed E-state index contributed by atoms with van der Waals surface area (Å²) in [5, 5.41) is 4.43. The Hall–Kier alpha value is -2.64. The summed E-state index contributed by atoms with van der Waals surface area (Å²) in [6.45, 7) is 2.23. The molecule has 1 N–H and O–H groups in total. The van der Waals surface area contributed by atoms with Crippen LogP contribution in [0.25, 0.3) is 20.8 Å². The summed E-state index contributed by atoms with van der Waals surface area (Å²) < 4.78 is 28.5. The third kappa shape index (κ3) is 3.42. The third-order valence-electron chi connectivity index (χ3n) is 5.42. The van der Waals surface area contributed by atoms with Crippen molar-refractivity contribution in [3.63, 3.8) is 0 Å². The molecule has 30 heavy (non-hydrogen) atoms. The fourth-order valence-corrected chi connectivity index (χ4v) is 6.40. The van der Waals surface area contributed by atoms with Gasteiger partial charge in [-0.1, -0.05) is 19.1 Å². The maximum atomic E-state index is 14.1. The number of thiophene rings is 1. The van der Waals surface area contributed by atoms with Crippen molar-refractivity contribution in [2.75, 3.05) is 5.32 Å². The van der Waals surface area contributed by atoms with Crippen molar-refractivity contribution in [1.29, 1.82) is 0 Å². The van der Waals surface area contributed by atoms with Crippen LogP contribution in [-0.2, 0) is 12.8 Å². The molecule has 0 bridgehead atoms. The van der Waals surface area contributed by atoms with Crippen molar-refractivity contribution in [3.8, 4) is 10.6 Å².